The number of hydrogen-bond acceptors (Lipinski definition) is 6. The molecule has 152 valence electrons. The summed E-state index contributed by atoms with van der Waals surface area (Å²) in [6.45, 7) is 3.45. The molecule has 1 amide bonds. The highest BCUT2D eigenvalue weighted by Crippen LogP contribution is 2.30. The van der Waals surface area contributed by atoms with Crippen molar-refractivity contribution >= 4 is 46.6 Å². The van der Waals surface area contributed by atoms with E-state index in [0.717, 1.165) is 12.8 Å². The Morgan fingerprint density at radius 3 is 2.72 bits per heavy atom. The molecule has 2 unspecified atom stereocenters. The fourth-order valence-corrected chi connectivity index (χ4v) is 3.40. The second-order valence-corrected chi connectivity index (χ2v) is 7.20. The van der Waals surface area contributed by atoms with Crippen LogP contribution in [0, 0.1) is 5.92 Å². The van der Waals surface area contributed by atoms with Gasteiger partial charge in [-0.25, -0.2) is 4.98 Å². The van der Waals surface area contributed by atoms with Crippen LogP contribution in [0.3, 0.4) is 0 Å². The van der Waals surface area contributed by atoms with Gasteiger partial charge < -0.3 is 21.1 Å². The summed E-state index contributed by atoms with van der Waals surface area (Å²) in [5.41, 5.74) is 1.16. The molecule has 2 aromatic rings. The minimum atomic E-state index is -0.769. The van der Waals surface area contributed by atoms with Crippen LogP contribution >= 0.6 is 11.6 Å². The Hall–Kier alpha value is -3.13. The number of benzene rings is 1. The Bertz CT molecular complexity index is 921. The predicted octanol–water partition coefficient (Wildman–Crippen LogP) is 4.05. The van der Waals surface area contributed by atoms with E-state index < -0.39 is 5.97 Å². The van der Waals surface area contributed by atoms with Crippen molar-refractivity contribution in [3.8, 4) is 0 Å². The number of amides is 1. The largest absolute Gasteiger partial charge is 0.481 e. The molecule has 1 fully saturated rings. The molecule has 1 aromatic heterocycles. The fraction of sp³-hybridized carbons (Fsp3) is 0.300. The van der Waals surface area contributed by atoms with Gasteiger partial charge in [0.15, 0.2) is 5.82 Å². The quantitative estimate of drug-likeness (QED) is 0.504. The van der Waals surface area contributed by atoms with Crippen molar-refractivity contribution in [3.05, 3.63) is 48.1 Å². The van der Waals surface area contributed by atoms with E-state index >= 15 is 0 Å². The molecule has 0 radical (unpaired) electrons. The first-order chi connectivity index (χ1) is 14.0. The number of carbonyl (C=O) groups excluding carboxylic acids is 1. The maximum atomic E-state index is 11.6. The number of carbonyl (C=O) groups is 2. The summed E-state index contributed by atoms with van der Waals surface area (Å²) in [6.07, 6.45) is 5.57. The van der Waals surface area contributed by atoms with E-state index in [1.807, 2.05) is 6.07 Å². The van der Waals surface area contributed by atoms with Crippen molar-refractivity contribution < 1.29 is 14.7 Å². The molecule has 9 heteroatoms. The molecule has 0 aliphatic heterocycles. The minimum Gasteiger partial charge on any atom is -0.481 e. The number of carboxylic acids is 1. The zero-order valence-corrected chi connectivity index (χ0v) is 16.4. The molecule has 1 heterocycles. The van der Waals surface area contributed by atoms with Crippen molar-refractivity contribution in [1.82, 2.24) is 9.97 Å². The highest BCUT2D eigenvalue weighted by Gasteiger charge is 2.27. The zero-order valence-electron chi connectivity index (χ0n) is 15.7. The number of anilines is 4. The van der Waals surface area contributed by atoms with Gasteiger partial charge in [0.2, 0.25) is 11.9 Å². The van der Waals surface area contributed by atoms with Gasteiger partial charge in [-0.1, -0.05) is 36.7 Å². The van der Waals surface area contributed by atoms with Gasteiger partial charge in [0.05, 0.1) is 23.5 Å². The molecule has 8 nitrogen and oxygen atoms in total. The number of para-hydroxylation sites is 2. The maximum absolute atomic E-state index is 11.6. The Kier molecular flexibility index (Phi) is 6.66. The molecule has 1 aliphatic rings. The Balaban J connectivity index is 1.76. The maximum Gasteiger partial charge on any atom is 0.306 e. The van der Waals surface area contributed by atoms with Crippen LogP contribution in [0.2, 0.25) is 5.02 Å². The highest BCUT2D eigenvalue weighted by molar-refractivity contribution is 6.33. The number of halogens is 1. The van der Waals surface area contributed by atoms with Crippen LogP contribution in [0.5, 0.6) is 0 Å². The van der Waals surface area contributed by atoms with Crippen LogP contribution in [-0.2, 0) is 9.59 Å². The van der Waals surface area contributed by atoms with Crippen molar-refractivity contribution in [2.24, 2.45) is 5.92 Å². The van der Waals surface area contributed by atoms with E-state index in [1.54, 1.807) is 18.2 Å². The van der Waals surface area contributed by atoms with Crippen molar-refractivity contribution in [2.75, 3.05) is 16.0 Å². The third-order valence-corrected chi connectivity index (χ3v) is 5.00. The monoisotopic (exact) mass is 415 g/mol. The topological polar surface area (TPSA) is 116 Å². The average Bonchev–Trinajstić information content (AvgIpc) is 2.72. The van der Waals surface area contributed by atoms with Crippen LogP contribution in [-0.4, -0.2) is 33.0 Å². The zero-order chi connectivity index (χ0) is 20.8. The lowest BCUT2D eigenvalue weighted by Crippen LogP contribution is -2.31. The van der Waals surface area contributed by atoms with Gasteiger partial charge in [-0.3, -0.25) is 9.59 Å². The summed E-state index contributed by atoms with van der Waals surface area (Å²) in [5.74, 6) is -0.725. The SMILES string of the molecule is C=CC(=O)Nc1ccccc1Nc1nc(NC2CCCC(C(=O)O)C2)ncc1Cl. The third kappa shape index (κ3) is 5.45. The van der Waals surface area contributed by atoms with E-state index in [2.05, 4.69) is 32.5 Å². The van der Waals surface area contributed by atoms with Crippen LogP contribution in [0.4, 0.5) is 23.1 Å². The smallest absolute Gasteiger partial charge is 0.306 e. The van der Waals surface area contributed by atoms with Crippen LogP contribution < -0.4 is 16.0 Å². The summed E-state index contributed by atoms with van der Waals surface area (Å²) < 4.78 is 0. The van der Waals surface area contributed by atoms with Gasteiger partial charge in [0.1, 0.15) is 5.02 Å². The molecule has 29 heavy (non-hydrogen) atoms. The molecule has 2 atom stereocenters. The van der Waals surface area contributed by atoms with Crippen LogP contribution in [0.1, 0.15) is 25.7 Å². The van der Waals surface area contributed by atoms with Gasteiger partial charge in [-0.2, -0.15) is 4.98 Å². The number of aromatic nitrogens is 2. The van der Waals surface area contributed by atoms with Crippen molar-refractivity contribution in [2.45, 2.75) is 31.7 Å². The molecule has 1 aromatic carbocycles. The molecular weight excluding hydrogens is 394 g/mol. The molecule has 0 saturated heterocycles. The lowest BCUT2D eigenvalue weighted by Gasteiger charge is -2.27. The predicted molar refractivity (Wildman–Crippen MR) is 113 cm³/mol. The highest BCUT2D eigenvalue weighted by atomic mass is 35.5. The van der Waals surface area contributed by atoms with E-state index in [1.165, 1.54) is 12.3 Å². The number of nitrogens with zero attached hydrogens (tertiary/aromatic N) is 2. The number of hydrogen-bond donors (Lipinski definition) is 4. The third-order valence-electron chi connectivity index (χ3n) is 4.72. The lowest BCUT2D eigenvalue weighted by atomic mass is 9.86. The number of aliphatic carboxylic acids is 1. The summed E-state index contributed by atoms with van der Waals surface area (Å²) in [7, 11) is 0. The normalized spacial score (nSPS) is 18.5. The summed E-state index contributed by atoms with van der Waals surface area (Å²) in [4.78, 5) is 31.5. The average molecular weight is 416 g/mol. The Morgan fingerprint density at radius 2 is 2.00 bits per heavy atom. The van der Waals surface area contributed by atoms with E-state index in [9.17, 15) is 14.7 Å². The molecule has 1 saturated carbocycles. The second-order valence-electron chi connectivity index (χ2n) is 6.80. The van der Waals surface area contributed by atoms with Crippen LogP contribution in [0.25, 0.3) is 0 Å². The molecule has 4 N–H and O–H groups in total. The number of carboxylic acid groups (broad SMARTS) is 1. The van der Waals surface area contributed by atoms with Gasteiger partial charge in [0.25, 0.3) is 0 Å². The van der Waals surface area contributed by atoms with E-state index in [4.69, 9.17) is 11.6 Å². The van der Waals surface area contributed by atoms with Crippen molar-refractivity contribution in [3.63, 3.8) is 0 Å². The Morgan fingerprint density at radius 1 is 1.24 bits per heavy atom. The number of rotatable bonds is 7. The minimum absolute atomic E-state index is 0.0157. The summed E-state index contributed by atoms with van der Waals surface area (Å²) in [6, 6.07) is 7.11. The second kappa shape index (κ2) is 9.38. The standard InChI is InChI=1S/C20H22ClN5O3/c1-2-17(27)24-15-8-3-4-9-16(15)25-18-14(21)11-22-20(26-18)23-13-7-5-6-12(10-13)19(28)29/h2-4,8-9,11-13H,1,5-7,10H2,(H,24,27)(H,28,29)(H2,22,23,25,26). The van der Waals surface area contributed by atoms with Gasteiger partial charge in [-0.15, -0.1) is 0 Å². The summed E-state index contributed by atoms with van der Waals surface area (Å²) >= 11 is 6.24. The van der Waals surface area contributed by atoms with Gasteiger partial charge in [-0.05, 0) is 37.5 Å². The lowest BCUT2D eigenvalue weighted by molar-refractivity contribution is -0.142. The summed E-state index contributed by atoms with van der Waals surface area (Å²) in [5, 5.41) is 18.6. The first-order valence-electron chi connectivity index (χ1n) is 9.27. The first kappa shape index (κ1) is 20.6. The molecule has 3 rings (SSSR count). The van der Waals surface area contributed by atoms with Gasteiger partial charge >= 0.3 is 5.97 Å². The fourth-order valence-electron chi connectivity index (χ4n) is 3.26. The molecule has 0 spiro atoms. The van der Waals surface area contributed by atoms with E-state index in [0.29, 0.717) is 41.0 Å². The molecule has 0 bridgehead atoms. The van der Waals surface area contributed by atoms with Gasteiger partial charge in [0, 0.05) is 6.04 Å². The molecule has 1 aliphatic carbocycles. The van der Waals surface area contributed by atoms with Crippen LogP contribution in [0.15, 0.2) is 43.1 Å². The van der Waals surface area contributed by atoms with E-state index in [-0.39, 0.29) is 17.9 Å². The first-order valence-corrected chi connectivity index (χ1v) is 9.65. The number of nitrogens with one attached hydrogen (secondary N) is 3. The van der Waals surface area contributed by atoms with Crippen molar-refractivity contribution in [1.29, 1.82) is 0 Å². The Labute approximate surface area is 173 Å². The molecular formula is C20H22ClN5O3.